The first-order valence-corrected chi connectivity index (χ1v) is 13.7. The number of nitrogens with one attached hydrogen (secondary N) is 1. The minimum Gasteiger partial charge on any atom is -0.455 e. The SMILES string of the molecule is O=C(N/N=C/c1ccc(-c2cc([N+](=O)[O-])ccc2Cl)o1)c1ccc(-n2c(-c3ccccc3)ccc2-c2ccccc2)cc1. The lowest BCUT2D eigenvalue weighted by Gasteiger charge is -2.15. The number of rotatable bonds is 8. The van der Waals surface area contributed by atoms with Crippen LogP contribution >= 0.6 is 11.6 Å². The molecule has 1 N–H and O–H groups in total. The van der Waals surface area contributed by atoms with Crippen LogP contribution in [-0.4, -0.2) is 21.6 Å². The maximum Gasteiger partial charge on any atom is 0.271 e. The summed E-state index contributed by atoms with van der Waals surface area (Å²) in [6.45, 7) is 0. The molecule has 0 radical (unpaired) electrons. The molecule has 8 nitrogen and oxygen atoms in total. The summed E-state index contributed by atoms with van der Waals surface area (Å²) in [5.74, 6) is 0.282. The summed E-state index contributed by atoms with van der Waals surface area (Å²) in [5, 5.41) is 15.4. The summed E-state index contributed by atoms with van der Waals surface area (Å²) in [5.41, 5.74) is 8.35. The number of aromatic nitrogens is 1. The molecule has 0 atom stereocenters. The van der Waals surface area contributed by atoms with Crippen molar-refractivity contribution in [2.24, 2.45) is 5.10 Å². The third-order valence-corrected chi connectivity index (χ3v) is 7.15. The second kappa shape index (κ2) is 12.0. The fourth-order valence-corrected chi connectivity index (χ4v) is 4.96. The van der Waals surface area contributed by atoms with Crippen LogP contribution in [0.4, 0.5) is 5.69 Å². The summed E-state index contributed by atoms with van der Waals surface area (Å²) in [6.07, 6.45) is 1.35. The molecule has 43 heavy (non-hydrogen) atoms. The Labute approximate surface area is 251 Å². The van der Waals surface area contributed by atoms with E-state index in [9.17, 15) is 14.9 Å². The van der Waals surface area contributed by atoms with Gasteiger partial charge in [-0.15, -0.1) is 0 Å². The van der Waals surface area contributed by atoms with Gasteiger partial charge in [0.05, 0.1) is 27.5 Å². The monoisotopic (exact) mass is 586 g/mol. The number of nitro groups is 1. The van der Waals surface area contributed by atoms with E-state index in [1.807, 2.05) is 48.5 Å². The van der Waals surface area contributed by atoms with Crippen LogP contribution in [0.15, 0.2) is 137 Å². The largest absolute Gasteiger partial charge is 0.455 e. The summed E-state index contributed by atoms with van der Waals surface area (Å²) in [7, 11) is 0. The smallest absolute Gasteiger partial charge is 0.271 e. The normalized spacial score (nSPS) is 11.1. The van der Waals surface area contributed by atoms with E-state index in [1.54, 1.807) is 24.3 Å². The van der Waals surface area contributed by atoms with E-state index in [4.69, 9.17) is 16.0 Å². The molecule has 4 aromatic carbocycles. The quantitative estimate of drug-likeness (QED) is 0.110. The van der Waals surface area contributed by atoms with Crippen LogP contribution in [0.2, 0.25) is 5.02 Å². The Morgan fingerprint density at radius 1 is 0.814 bits per heavy atom. The lowest BCUT2D eigenvalue weighted by atomic mass is 10.1. The van der Waals surface area contributed by atoms with Crippen molar-refractivity contribution in [3.63, 3.8) is 0 Å². The fraction of sp³-hybridized carbons (Fsp3) is 0. The number of benzene rings is 4. The third kappa shape index (κ3) is 5.86. The Kier molecular flexibility index (Phi) is 7.67. The molecule has 0 aliphatic heterocycles. The first kappa shape index (κ1) is 27.4. The van der Waals surface area contributed by atoms with Gasteiger partial charge in [0.2, 0.25) is 0 Å². The summed E-state index contributed by atoms with van der Waals surface area (Å²) >= 11 is 6.21. The number of amides is 1. The average molecular weight is 587 g/mol. The predicted octanol–water partition coefficient (Wildman–Crippen LogP) is 8.40. The summed E-state index contributed by atoms with van der Waals surface area (Å²) in [6, 6.07) is 39.1. The van der Waals surface area contributed by atoms with Gasteiger partial charge in [0.15, 0.2) is 0 Å². The molecule has 0 spiro atoms. The van der Waals surface area contributed by atoms with Crippen molar-refractivity contribution in [2.45, 2.75) is 0 Å². The van der Waals surface area contributed by atoms with Crippen LogP contribution < -0.4 is 5.43 Å². The minimum atomic E-state index is -0.504. The first-order valence-electron chi connectivity index (χ1n) is 13.3. The molecule has 6 rings (SSSR count). The van der Waals surface area contributed by atoms with Crippen LogP contribution in [-0.2, 0) is 0 Å². The van der Waals surface area contributed by atoms with Gasteiger partial charge in [-0.2, -0.15) is 5.10 Å². The standard InChI is InChI=1S/C34H23ClN4O4/c35-30-17-15-27(39(41)42)21-29(30)33-20-16-28(43-33)22-36-37-34(40)25-11-13-26(14-12-25)38-31(23-7-3-1-4-8-23)18-19-32(38)24-9-5-2-6-10-24/h1-22H,(H,37,40)/b36-22+. The van der Waals surface area contributed by atoms with Crippen molar-refractivity contribution in [2.75, 3.05) is 0 Å². The lowest BCUT2D eigenvalue weighted by Crippen LogP contribution is -2.17. The fourth-order valence-electron chi connectivity index (χ4n) is 4.75. The van der Waals surface area contributed by atoms with Gasteiger partial charge in [-0.3, -0.25) is 14.9 Å². The molecule has 1 amide bonds. The number of hydrogen-bond donors (Lipinski definition) is 1. The van der Waals surface area contributed by atoms with E-state index >= 15 is 0 Å². The Morgan fingerprint density at radius 2 is 1.44 bits per heavy atom. The second-order valence-corrected chi connectivity index (χ2v) is 9.95. The molecular weight excluding hydrogens is 564 g/mol. The summed E-state index contributed by atoms with van der Waals surface area (Å²) < 4.78 is 7.89. The summed E-state index contributed by atoms with van der Waals surface area (Å²) in [4.78, 5) is 23.5. The molecular formula is C34H23ClN4O4. The number of hydrogen-bond acceptors (Lipinski definition) is 5. The molecule has 0 unspecified atom stereocenters. The van der Waals surface area contributed by atoms with Crippen LogP contribution in [0.1, 0.15) is 16.1 Å². The van der Waals surface area contributed by atoms with E-state index in [0.717, 1.165) is 28.2 Å². The Balaban J connectivity index is 1.20. The number of hydrazone groups is 1. The molecule has 0 saturated carbocycles. The molecule has 0 bridgehead atoms. The number of nitro benzene ring substituents is 1. The van der Waals surface area contributed by atoms with E-state index in [-0.39, 0.29) is 5.69 Å². The van der Waals surface area contributed by atoms with Gasteiger partial charge in [-0.05, 0) is 65.7 Å². The Bertz CT molecular complexity index is 1890. The van der Waals surface area contributed by atoms with Gasteiger partial charge in [-0.25, -0.2) is 5.43 Å². The molecule has 210 valence electrons. The van der Waals surface area contributed by atoms with Gasteiger partial charge >= 0.3 is 0 Å². The van der Waals surface area contributed by atoms with E-state index in [1.165, 1.54) is 24.4 Å². The Morgan fingerprint density at radius 3 is 2.05 bits per heavy atom. The van der Waals surface area contributed by atoms with Crippen LogP contribution in [0.25, 0.3) is 39.5 Å². The number of carbonyl (C=O) groups is 1. The van der Waals surface area contributed by atoms with Crippen LogP contribution in [0, 0.1) is 10.1 Å². The van der Waals surface area contributed by atoms with Crippen molar-refractivity contribution in [1.82, 2.24) is 9.99 Å². The zero-order valence-electron chi connectivity index (χ0n) is 22.6. The number of non-ortho nitro benzene ring substituents is 1. The maximum absolute atomic E-state index is 12.8. The van der Waals surface area contributed by atoms with Crippen molar-refractivity contribution < 1.29 is 14.1 Å². The molecule has 0 aliphatic rings. The van der Waals surface area contributed by atoms with Crippen LogP contribution in [0.3, 0.4) is 0 Å². The topological polar surface area (TPSA) is 103 Å². The zero-order valence-corrected chi connectivity index (χ0v) is 23.3. The molecule has 6 aromatic rings. The highest BCUT2D eigenvalue weighted by Crippen LogP contribution is 2.33. The van der Waals surface area contributed by atoms with E-state index in [0.29, 0.717) is 27.7 Å². The molecule has 9 heteroatoms. The minimum absolute atomic E-state index is 0.103. The molecule has 0 aliphatic carbocycles. The maximum atomic E-state index is 12.8. The number of carbonyl (C=O) groups excluding carboxylic acids is 1. The molecule has 2 heterocycles. The van der Waals surface area contributed by atoms with Gasteiger partial charge in [0.25, 0.3) is 11.6 Å². The highest BCUT2D eigenvalue weighted by Gasteiger charge is 2.16. The van der Waals surface area contributed by atoms with Gasteiger partial charge in [0.1, 0.15) is 11.5 Å². The van der Waals surface area contributed by atoms with Gasteiger partial charge in [-0.1, -0.05) is 72.3 Å². The van der Waals surface area contributed by atoms with Gasteiger partial charge in [0, 0.05) is 28.9 Å². The number of halogens is 1. The first-order chi connectivity index (χ1) is 21.0. The molecule has 2 aromatic heterocycles. The number of nitrogens with zero attached hydrogens (tertiary/aromatic N) is 3. The number of furan rings is 1. The van der Waals surface area contributed by atoms with Crippen LogP contribution in [0.5, 0.6) is 0 Å². The van der Waals surface area contributed by atoms with Crippen molar-refractivity contribution in [3.8, 4) is 39.5 Å². The lowest BCUT2D eigenvalue weighted by molar-refractivity contribution is -0.384. The van der Waals surface area contributed by atoms with Crippen molar-refractivity contribution in [3.05, 3.63) is 154 Å². The predicted molar refractivity (Wildman–Crippen MR) is 168 cm³/mol. The third-order valence-electron chi connectivity index (χ3n) is 6.82. The second-order valence-electron chi connectivity index (χ2n) is 9.54. The highest BCUT2D eigenvalue weighted by atomic mass is 35.5. The molecule has 0 fully saturated rings. The zero-order chi connectivity index (χ0) is 29.8. The van der Waals surface area contributed by atoms with Crippen molar-refractivity contribution >= 4 is 29.4 Å². The average Bonchev–Trinajstić information content (AvgIpc) is 3.70. The Hall–Kier alpha value is -5.73. The molecule has 0 saturated heterocycles. The van der Waals surface area contributed by atoms with Crippen molar-refractivity contribution in [1.29, 1.82) is 0 Å². The highest BCUT2D eigenvalue weighted by molar-refractivity contribution is 6.33. The van der Waals surface area contributed by atoms with Gasteiger partial charge < -0.3 is 8.98 Å². The van der Waals surface area contributed by atoms with E-state index < -0.39 is 10.8 Å². The van der Waals surface area contributed by atoms with E-state index in [2.05, 4.69) is 51.5 Å².